The maximum Gasteiger partial charge on any atom is 0.315 e. The molecule has 26 heavy (non-hydrogen) atoms. The van der Waals surface area contributed by atoms with E-state index in [9.17, 15) is 10.1 Å². The summed E-state index contributed by atoms with van der Waals surface area (Å²) in [5.74, 6) is 0.758. The number of aromatic nitrogens is 2. The molecular formula is C17H15Cl2N3O4. The predicted molar refractivity (Wildman–Crippen MR) is 101 cm³/mol. The summed E-state index contributed by atoms with van der Waals surface area (Å²) in [5, 5.41) is 12.3. The monoisotopic (exact) mass is 395 g/mol. The number of nitrogens with one attached hydrogen (secondary N) is 1. The average Bonchev–Trinajstić information content (AvgIpc) is 2.97. The zero-order chi connectivity index (χ0) is 19.0. The Hall–Kier alpha value is -2.51. The smallest absolute Gasteiger partial charge is 0.315 e. The summed E-state index contributed by atoms with van der Waals surface area (Å²) in [6, 6.07) is 6.30. The molecule has 0 aliphatic rings. The highest BCUT2D eigenvalue weighted by atomic mass is 35.5. The summed E-state index contributed by atoms with van der Waals surface area (Å²) in [4.78, 5) is 18.5. The van der Waals surface area contributed by atoms with Crippen molar-refractivity contribution in [2.24, 2.45) is 0 Å². The fourth-order valence-corrected chi connectivity index (χ4v) is 2.83. The average molecular weight is 396 g/mol. The second-order valence-corrected chi connectivity index (χ2v) is 6.63. The summed E-state index contributed by atoms with van der Waals surface area (Å²) >= 11 is 12.0. The van der Waals surface area contributed by atoms with Crippen molar-refractivity contribution in [3.8, 4) is 22.9 Å². The molecule has 1 heterocycles. The van der Waals surface area contributed by atoms with Crippen molar-refractivity contribution in [2.45, 2.75) is 20.0 Å². The largest absolute Gasteiger partial charge is 0.493 e. The van der Waals surface area contributed by atoms with E-state index >= 15 is 0 Å². The molecule has 0 unspecified atom stereocenters. The standard InChI is InChI=1S/C17H15Cl2N3O4/c1-8(2)26-16-14(22(23)24)4-9(5-15(16)25-3)17-20-12-6-10(18)11(19)7-13(12)21-17/h4-8H,1-3H3,(H,20,21). The van der Waals surface area contributed by atoms with Crippen LogP contribution in [0.1, 0.15) is 13.8 Å². The molecule has 0 fully saturated rings. The first-order chi connectivity index (χ1) is 12.3. The number of benzene rings is 2. The Bertz CT molecular complexity index is 962. The number of H-pyrrole nitrogens is 1. The molecule has 3 rings (SSSR count). The lowest BCUT2D eigenvalue weighted by atomic mass is 10.1. The minimum absolute atomic E-state index is 0.0819. The number of nitro groups is 1. The van der Waals surface area contributed by atoms with Crippen LogP contribution in [0.4, 0.5) is 5.69 Å². The van der Waals surface area contributed by atoms with Gasteiger partial charge in [0.25, 0.3) is 0 Å². The Morgan fingerprint density at radius 3 is 2.50 bits per heavy atom. The van der Waals surface area contributed by atoms with Gasteiger partial charge in [-0.05, 0) is 32.0 Å². The maximum atomic E-state index is 11.5. The van der Waals surface area contributed by atoms with Gasteiger partial charge in [0.15, 0.2) is 5.75 Å². The molecular weight excluding hydrogens is 381 g/mol. The number of ether oxygens (including phenoxy) is 2. The fourth-order valence-electron chi connectivity index (χ4n) is 2.51. The lowest BCUT2D eigenvalue weighted by Crippen LogP contribution is -2.09. The van der Waals surface area contributed by atoms with Gasteiger partial charge in [-0.2, -0.15) is 0 Å². The van der Waals surface area contributed by atoms with Crippen LogP contribution >= 0.6 is 23.2 Å². The topological polar surface area (TPSA) is 90.3 Å². The molecule has 0 bridgehead atoms. The van der Waals surface area contributed by atoms with E-state index in [1.54, 1.807) is 32.0 Å². The molecule has 1 N–H and O–H groups in total. The first-order valence-electron chi connectivity index (χ1n) is 7.68. The van der Waals surface area contributed by atoms with Crippen LogP contribution in [0.3, 0.4) is 0 Å². The van der Waals surface area contributed by atoms with E-state index in [1.165, 1.54) is 13.2 Å². The van der Waals surface area contributed by atoms with Crippen LogP contribution in [0.25, 0.3) is 22.4 Å². The molecule has 2 aromatic carbocycles. The normalized spacial score (nSPS) is 11.2. The molecule has 0 amide bonds. The van der Waals surface area contributed by atoms with Gasteiger partial charge in [-0.15, -0.1) is 0 Å². The van der Waals surface area contributed by atoms with Gasteiger partial charge in [-0.3, -0.25) is 10.1 Å². The summed E-state index contributed by atoms with van der Waals surface area (Å²) in [6.45, 7) is 3.56. The van der Waals surface area contributed by atoms with Gasteiger partial charge >= 0.3 is 5.69 Å². The Morgan fingerprint density at radius 2 is 1.88 bits per heavy atom. The molecule has 3 aromatic rings. The first-order valence-corrected chi connectivity index (χ1v) is 8.44. The van der Waals surface area contributed by atoms with Crippen LogP contribution in [-0.2, 0) is 0 Å². The third-order valence-electron chi connectivity index (χ3n) is 3.60. The van der Waals surface area contributed by atoms with Crippen LogP contribution < -0.4 is 9.47 Å². The molecule has 0 saturated heterocycles. The molecule has 1 aromatic heterocycles. The van der Waals surface area contributed by atoms with Gasteiger partial charge in [0, 0.05) is 11.6 Å². The number of imidazole rings is 1. The minimum Gasteiger partial charge on any atom is -0.493 e. The number of hydrogen-bond donors (Lipinski definition) is 1. The van der Waals surface area contributed by atoms with E-state index in [2.05, 4.69) is 9.97 Å². The third kappa shape index (κ3) is 3.40. The molecule has 0 aliphatic heterocycles. The third-order valence-corrected chi connectivity index (χ3v) is 4.32. The summed E-state index contributed by atoms with van der Waals surface area (Å²) in [5.41, 5.74) is 1.54. The zero-order valence-corrected chi connectivity index (χ0v) is 15.7. The van der Waals surface area contributed by atoms with Crippen LogP contribution in [-0.4, -0.2) is 28.1 Å². The highest BCUT2D eigenvalue weighted by molar-refractivity contribution is 6.42. The lowest BCUT2D eigenvalue weighted by molar-refractivity contribution is -0.386. The van der Waals surface area contributed by atoms with Crippen molar-refractivity contribution in [2.75, 3.05) is 7.11 Å². The van der Waals surface area contributed by atoms with Crippen molar-refractivity contribution < 1.29 is 14.4 Å². The van der Waals surface area contributed by atoms with E-state index in [-0.39, 0.29) is 23.3 Å². The molecule has 0 atom stereocenters. The van der Waals surface area contributed by atoms with E-state index in [0.29, 0.717) is 32.5 Å². The minimum atomic E-state index is -0.514. The second-order valence-electron chi connectivity index (χ2n) is 5.82. The fraction of sp³-hybridized carbons (Fsp3) is 0.235. The van der Waals surface area contributed by atoms with Crippen LogP contribution in [0.5, 0.6) is 11.5 Å². The van der Waals surface area contributed by atoms with E-state index in [0.717, 1.165) is 0 Å². The van der Waals surface area contributed by atoms with Crippen LogP contribution in [0.15, 0.2) is 24.3 Å². The van der Waals surface area contributed by atoms with Crippen molar-refractivity contribution in [1.29, 1.82) is 0 Å². The second kappa shape index (κ2) is 7.01. The molecule has 0 radical (unpaired) electrons. The molecule has 0 aliphatic carbocycles. The van der Waals surface area contributed by atoms with Crippen molar-refractivity contribution in [3.05, 3.63) is 44.4 Å². The zero-order valence-electron chi connectivity index (χ0n) is 14.2. The number of hydrogen-bond acceptors (Lipinski definition) is 5. The van der Waals surface area contributed by atoms with Crippen LogP contribution in [0, 0.1) is 10.1 Å². The molecule has 7 nitrogen and oxygen atoms in total. The number of nitro benzene ring substituents is 1. The van der Waals surface area contributed by atoms with Crippen molar-refractivity contribution in [1.82, 2.24) is 9.97 Å². The molecule has 136 valence electrons. The van der Waals surface area contributed by atoms with Crippen molar-refractivity contribution in [3.63, 3.8) is 0 Å². The number of methoxy groups -OCH3 is 1. The number of fused-ring (bicyclic) bond motifs is 1. The molecule has 0 saturated carbocycles. The number of rotatable bonds is 5. The Balaban J connectivity index is 2.19. The van der Waals surface area contributed by atoms with Crippen LogP contribution in [0.2, 0.25) is 10.0 Å². The quantitative estimate of drug-likeness (QED) is 0.471. The Kier molecular flexibility index (Phi) is 4.93. The summed E-state index contributed by atoms with van der Waals surface area (Å²) < 4.78 is 10.9. The van der Waals surface area contributed by atoms with Gasteiger partial charge in [-0.1, -0.05) is 23.2 Å². The van der Waals surface area contributed by atoms with Gasteiger partial charge in [0.1, 0.15) is 5.82 Å². The predicted octanol–water partition coefficient (Wildman–Crippen LogP) is 5.24. The molecule has 9 heteroatoms. The highest BCUT2D eigenvalue weighted by Gasteiger charge is 2.24. The van der Waals surface area contributed by atoms with E-state index < -0.39 is 4.92 Å². The summed E-state index contributed by atoms with van der Waals surface area (Å²) in [7, 11) is 1.42. The first kappa shape index (κ1) is 18.3. The van der Waals surface area contributed by atoms with Gasteiger partial charge < -0.3 is 14.5 Å². The molecule has 0 spiro atoms. The summed E-state index contributed by atoms with van der Waals surface area (Å²) in [6.07, 6.45) is -0.246. The highest BCUT2D eigenvalue weighted by Crippen LogP contribution is 2.41. The maximum absolute atomic E-state index is 11.5. The van der Waals surface area contributed by atoms with E-state index in [1.807, 2.05) is 0 Å². The van der Waals surface area contributed by atoms with Gasteiger partial charge in [0.05, 0.1) is 39.2 Å². The number of aromatic amines is 1. The Morgan fingerprint density at radius 1 is 1.19 bits per heavy atom. The Labute approximate surface area is 159 Å². The van der Waals surface area contributed by atoms with Gasteiger partial charge in [0.2, 0.25) is 5.75 Å². The van der Waals surface area contributed by atoms with E-state index in [4.69, 9.17) is 32.7 Å². The lowest BCUT2D eigenvalue weighted by Gasteiger charge is -2.14. The van der Waals surface area contributed by atoms with Gasteiger partial charge in [-0.25, -0.2) is 4.98 Å². The number of halogens is 2. The SMILES string of the molecule is COc1cc(-c2nc3cc(Cl)c(Cl)cc3[nH]2)cc([N+](=O)[O-])c1OC(C)C. The number of nitrogens with zero attached hydrogens (tertiary/aromatic N) is 2. The van der Waals surface area contributed by atoms with Crippen molar-refractivity contribution >= 4 is 39.9 Å².